The number of phenolic OH excluding ortho intramolecular Hbond substituents is 1. The Morgan fingerprint density at radius 2 is 2.17 bits per heavy atom. The van der Waals surface area contributed by atoms with Crippen LogP contribution in [0.2, 0.25) is 0 Å². The topological polar surface area (TPSA) is 116 Å². The van der Waals surface area contributed by atoms with Crippen LogP contribution in [0, 0.1) is 10.1 Å². The minimum absolute atomic E-state index is 0.203. The number of imidazole rings is 1. The molecule has 0 atom stereocenters. The molecule has 1 heterocycles. The minimum atomic E-state index is -0.663. The van der Waals surface area contributed by atoms with Gasteiger partial charge in [-0.25, -0.2) is 10.4 Å². The average molecular weight is 376 g/mol. The zero-order valence-corrected chi connectivity index (χ0v) is 13.1. The first-order valence-electron chi connectivity index (χ1n) is 6.45. The molecule has 0 bridgehead atoms. The van der Waals surface area contributed by atoms with Crippen LogP contribution in [0.4, 0.5) is 11.6 Å². The molecule has 0 aliphatic heterocycles. The van der Waals surface area contributed by atoms with Crippen molar-refractivity contribution in [2.75, 3.05) is 5.43 Å². The van der Waals surface area contributed by atoms with E-state index in [1.165, 1.54) is 18.3 Å². The largest absolute Gasteiger partial charge is 0.502 e. The van der Waals surface area contributed by atoms with E-state index in [9.17, 15) is 15.2 Å². The smallest absolute Gasteiger partial charge is 0.312 e. The number of nitro groups is 1. The van der Waals surface area contributed by atoms with Crippen LogP contribution < -0.4 is 5.43 Å². The van der Waals surface area contributed by atoms with Gasteiger partial charge in [-0.15, -0.1) is 0 Å². The van der Waals surface area contributed by atoms with Crippen LogP contribution in [0.15, 0.2) is 46.0 Å². The monoisotopic (exact) mass is 375 g/mol. The number of aromatic amines is 1. The fourth-order valence-corrected chi connectivity index (χ4v) is 2.48. The lowest BCUT2D eigenvalue weighted by molar-refractivity contribution is -0.385. The SMILES string of the molecule is O=[N+]([O-])c1cc(Br)cc(/C=N\Nc2nc3ccccc3[nH]2)c1O. The van der Waals surface area contributed by atoms with Gasteiger partial charge in [0, 0.05) is 16.1 Å². The van der Waals surface area contributed by atoms with Crippen molar-refractivity contribution in [3.63, 3.8) is 0 Å². The van der Waals surface area contributed by atoms with Crippen molar-refractivity contribution in [1.29, 1.82) is 0 Å². The number of hydrogen-bond donors (Lipinski definition) is 3. The van der Waals surface area contributed by atoms with E-state index in [0.29, 0.717) is 10.4 Å². The van der Waals surface area contributed by atoms with Crippen LogP contribution >= 0.6 is 15.9 Å². The Balaban J connectivity index is 1.84. The second-order valence-electron chi connectivity index (χ2n) is 4.59. The van der Waals surface area contributed by atoms with Crippen LogP contribution in [-0.2, 0) is 0 Å². The fraction of sp³-hybridized carbons (Fsp3) is 0. The molecule has 0 saturated heterocycles. The molecule has 3 aromatic rings. The standard InChI is InChI=1S/C14H10BrN5O3/c15-9-5-8(13(21)12(6-9)20(22)23)7-16-19-14-17-10-3-1-2-4-11(10)18-14/h1-7,21H,(H2,17,18,19)/b16-7-. The highest BCUT2D eigenvalue weighted by molar-refractivity contribution is 9.10. The highest BCUT2D eigenvalue weighted by Gasteiger charge is 2.17. The van der Waals surface area contributed by atoms with Gasteiger partial charge in [0.1, 0.15) is 0 Å². The Morgan fingerprint density at radius 3 is 2.91 bits per heavy atom. The second-order valence-corrected chi connectivity index (χ2v) is 5.51. The molecule has 0 unspecified atom stereocenters. The number of aromatic nitrogens is 2. The Kier molecular flexibility index (Phi) is 3.94. The number of fused-ring (bicyclic) bond motifs is 1. The van der Waals surface area contributed by atoms with E-state index in [4.69, 9.17) is 0 Å². The number of nitrogens with one attached hydrogen (secondary N) is 2. The Hall–Kier alpha value is -2.94. The first-order valence-corrected chi connectivity index (χ1v) is 7.24. The summed E-state index contributed by atoms with van der Waals surface area (Å²) < 4.78 is 0.465. The molecular formula is C14H10BrN5O3. The number of hydrogen-bond acceptors (Lipinski definition) is 6. The first kappa shape index (κ1) is 15.0. The summed E-state index contributed by atoms with van der Waals surface area (Å²) in [6.07, 6.45) is 1.28. The highest BCUT2D eigenvalue weighted by atomic mass is 79.9. The molecule has 116 valence electrons. The van der Waals surface area contributed by atoms with Gasteiger partial charge in [-0.05, 0) is 18.2 Å². The summed E-state index contributed by atoms with van der Waals surface area (Å²) in [6, 6.07) is 10.2. The lowest BCUT2D eigenvalue weighted by Gasteiger charge is -2.01. The number of aromatic hydroxyl groups is 1. The van der Waals surface area contributed by atoms with Crippen LogP contribution in [0.3, 0.4) is 0 Å². The highest BCUT2D eigenvalue weighted by Crippen LogP contribution is 2.32. The summed E-state index contributed by atoms with van der Waals surface area (Å²) in [5.41, 5.74) is 4.13. The average Bonchev–Trinajstić information content (AvgIpc) is 2.92. The van der Waals surface area contributed by atoms with E-state index in [2.05, 4.69) is 36.4 Å². The summed E-state index contributed by atoms with van der Waals surface area (Å²) in [7, 11) is 0. The molecule has 8 nitrogen and oxygen atoms in total. The minimum Gasteiger partial charge on any atom is -0.502 e. The molecule has 9 heteroatoms. The van der Waals surface area contributed by atoms with E-state index in [-0.39, 0.29) is 5.56 Å². The summed E-state index contributed by atoms with van der Waals surface area (Å²) in [5.74, 6) is -0.0280. The third-order valence-corrected chi connectivity index (χ3v) is 3.50. The molecule has 1 aromatic heterocycles. The van der Waals surface area contributed by atoms with E-state index in [0.717, 1.165) is 11.0 Å². The predicted octanol–water partition coefficient (Wildman–Crippen LogP) is 3.39. The van der Waals surface area contributed by atoms with Gasteiger partial charge in [0.2, 0.25) is 11.7 Å². The number of para-hydroxylation sites is 2. The fourth-order valence-electron chi connectivity index (χ4n) is 2.01. The predicted molar refractivity (Wildman–Crippen MR) is 89.8 cm³/mol. The van der Waals surface area contributed by atoms with Crippen molar-refractivity contribution in [2.45, 2.75) is 0 Å². The molecule has 0 spiro atoms. The molecule has 0 fully saturated rings. The van der Waals surface area contributed by atoms with Gasteiger partial charge in [0.15, 0.2) is 0 Å². The number of nitro benzene ring substituents is 1. The number of rotatable bonds is 4. The van der Waals surface area contributed by atoms with E-state index in [1.54, 1.807) is 0 Å². The lowest BCUT2D eigenvalue weighted by Crippen LogP contribution is -1.95. The summed E-state index contributed by atoms with van der Waals surface area (Å²) in [4.78, 5) is 17.5. The van der Waals surface area contributed by atoms with E-state index in [1.807, 2.05) is 24.3 Å². The molecule has 0 saturated carbocycles. The molecule has 3 rings (SSSR count). The van der Waals surface area contributed by atoms with Crippen molar-refractivity contribution in [3.8, 4) is 5.75 Å². The number of hydrazone groups is 1. The lowest BCUT2D eigenvalue weighted by atomic mass is 10.2. The van der Waals surface area contributed by atoms with Gasteiger partial charge in [0.25, 0.3) is 0 Å². The van der Waals surface area contributed by atoms with Gasteiger partial charge in [-0.3, -0.25) is 10.1 Å². The number of nitrogens with zero attached hydrogens (tertiary/aromatic N) is 3. The Bertz CT molecular complexity index is 889. The first-order chi connectivity index (χ1) is 11.0. The van der Waals surface area contributed by atoms with Crippen molar-refractivity contribution >= 4 is 44.8 Å². The second kappa shape index (κ2) is 6.05. The third kappa shape index (κ3) is 3.14. The van der Waals surface area contributed by atoms with Crippen molar-refractivity contribution < 1.29 is 10.0 Å². The number of halogens is 1. The maximum Gasteiger partial charge on any atom is 0.312 e. The molecule has 0 aliphatic carbocycles. The molecule has 2 aromatic carbocycles. The van der Waals surface area contributed by atoms with E-state index < -0.39 is 16.4 Å². The maximum absolute atomic E-state index is 10.9. The maximum atomic E-state index is 10.9. The molecule has 0 radical (unpaired) electrons. The third-order valence-electron chi connectivity index (χ3n) is 3.04. The summed E-state index contributed by atoms with van der Waals surface area (Å²) in [5, 5.41) is 24.7. The molecule has 3 N–H and O–H groups in total. The van der Waals surface area contributed by atoms with Crippen LogP contribution in [0.1, 0.15) is 5.56 Å². The summed E-state index contributed by atoms with van der Waals surface area (Å²) >= 11 is 3.16. The number of benzene rings is 2. The number of H-pyrrole nitrogens is 1. The van der Waals surface area contributed by atoms with Crippen LogP contribution in [-0.4, -0.2) is 26.2 Å². The zero-order valence-electron chi connectivity index (χ0n) is 11.5. The van der Waals surface area contributed by atoms with E-state index >= 15 is 0 Å². The van der Waals surface area contributed by atoms with Crippen molar-refractivity contribution in [2.24, 2.45) is 5.10 Å². The van der Waals surface area contributed by atoms with Gasteiger partial charge >= 0.3 is 5.69 Å². The van der Waals surface area contributed by atoms with Gasteiger partial charge < -0.3 is 10.1 Å². The zero-order chi connectivity index (χ0) is 16.4. The normalized spacial score (nSPS) is 11.2. The Morgan fingerprint density at radius 1 is 1.39 bits per heavy atom. The van der Waals surface area contributed by atoms with Crippen LogP contribution in [0.5, 0.6) is 5.75 Å². The Labute approximate surface area is 138 Å². The van der Waals surface area contributed by atoms with Gasteiger partial charge in [-0.2, -0.15) is 5.10 Å². The number of anilines is 1. The van der Waals surface area contributed by atoms with Crippen molar-refractivity contribution in [1.82, 2.24) is 9.97 Å². The van der Waals surface area contributed by atoms with Crippen LogP contribution in [0.25, 0.3) is 11.0 Å². The number of phenols is 1. The molecule has 0 aliphatic rings. The molecular weight excluding hydrogens is 366 g/mol. The molecule has 23 heavy (non-hydrogen) atoms. The van der Waals surface area contributed by atoms with Crippen molar-refractivity contribution in [3.05, 3.63) is 56.5 Å². The van der Waals surface area contributed by atoms with Gasteiger partial charge in [-0.1, -0.05) is 28.1 Å². The summed E-state index contributed by atoms with van der Waals surface area (Å²) in [6.45, 7) is 0. The molecule has 0 amide bonds. The van der Waals surface area contributed by atoms with Gasteiger partial charge in [0.05, 0.1) is 22.2 Å². The quantitative estimate of drug-likeness (QED) is 0.367.